The van der Waals surface area contributed by atoms with Gasteiger partial charge in [0.25, 0.3) is 0 Å². The van der Waals surface area contributed by atoms with E-state index < -0.39 is 23.1 Å². The highest BCUT2D eigenvalue weighted by Crippen LogP contribution is 2.43. The van der Waals surface area contributed by atoms with Crippen LogP contribution in [0, 0.1) is 5.82 Å². The highest BCUT2D eigenvalue weighted by molar-refractivity contribution is 5.88. The van der Waals surface area contributed by atoms with Crippen LogP contribution in [0.15, 0.2) is 53.2 Å². The fourth-order valence-electron chi connectivity index (χ4n) is 4.33. The van der Waals surface area contributed by atoms with Gasteiger partial charge in [-0.1, -0.05) is 6.07 Å². The number of fused-ring (bicyclic) bond motifs is 1. The van der Waals surface area contributed by atoms with Crippen molar-refractivity contribution in [2.45, 2.75) is 24.9 Å². The fraction of sp³-hybridized carbons (Fsp3) is 0.192. The van der Waals surface area contributed by atoms with Crippen molar-refractivity contribution in [1.29, 1.82) is 0 Å². The van der Waals surface area contributed by atoms with Crippen molar-refractivity contribution in [3.05, 3.63) is 71.4 Å². The lowest BCUT2D eigenvalue weighted by Crippen LogP contribution is -2.06. The van der Waals surface area contributed by atoms with E-state index in [-0.39, 0.29) is 28.6 Å². The molecule has 1 fully saturated rings. The minimum Gasteiger partial charge on any atom is -0.434 e. The molecule has 37 heavy (non-hydrogen) atoms. The third-order valence-corrected chi connectivity index (χ3v) is 6.26. The SMILES string of the molecule is Cn1cnnc1-c1cc(F)ccc1-c1cc(-c2nc3cc(C=O)cc(C(F)(F)F)c3o2)nc(C2CC2)c1. The van der Waals surface area contributed by atoms with Crippen LogP contribution in [0.5, 0.6) is 0 Å². The Morgan fingerprint density at radius 1 is 1.05 bits per heavy atom. The van der Waals surface area contributed by atoms with Crippen LogP contribution in [0.1, 0.15) is 40.4 Å². The molecular weight excluding hydrogens is 490 g/mol. The Balaban J connectivity index is 1.56. The zero-order valence-corrected chi connectivity index (χ0v) is 19.3. The molecule has 0 bridgehead atoms. The second-order valence-corrected chi connectivity index (χ2v) is 8.95. The van der Waals surface area contributed by atoms with Crippen LogP contribution in [0.2, 0.25) is 0 Å². The van der Waals surface area contributed by atoms with E-state index in [1.54, 1.807) is 23.7 Å². The molecular formula is C26H17F4N5O2. The number of aryl methyl sites for hydroxylation is 1. The van der Waals surface area contributed by atoms with Crippen molar-refractivity contribution in [2.24, 2.45) is 7.05 Å². The molecule has 1 aliphatic rings. The van der Waals surface area contributed by atoms with Gasteiger partial charge in [0.05, 0.1) is 0 Å². The number of carbonyl (C=O) groups is 1. The number of halogens is 4. The fourth-order valence-corrected chi connectivity index (χ4v) is 4.33. The van der Waals surface area contributed by atoms with E-state index in [4.69, 9.17) is 4.42 Å². The van der Waals surface area contributed by atoms with Gasteiger partial charge in [-0.25, -0.2) is 14.4 Å². The summed E-state index contributed by atoms with van der Waals surface area (Å²) in [5.41, 5.74) is 0.898. The molecule has 0 unspecified atom stereocenters. The normalized spacial score (nSPS) is 13.9. The van der Waals surface area contributed by atoms with Crippen LogP contribution < -0.4 is 0 Å². The summed E-state index contributed by atoms with van der Waals surface area (Å²) >= 11 is 0. The molecule has 2 aromatic carbocycles. The van der Waals surface area contributed by atoms with Gasteiger partial charge in [0.15, 0.2) is 11.4 Å². The summed E-state index contributed by atoms with van der Waals surface area (Å²) in [6, 6.07) is 9.77. The van der Waals surface area contributed by atoms with E-state index >= 15 is 0 Å². The Bertz CT molecular complexity index is 1680. The quantitative estimate of drug-likeness (QED) is 0.208. The second kappa shape index (κ2) is 8.32. The van der Waals surface area contributed by atoms with E-state index in [0.717, 1.165) is 24.6 Å². The number of oxazole rings is 1. The van der Waals surface area contributed by atoms with Crippen LogP contribution >= 0.6 is 0 Å². The van der Waals surface area contributed by atoms with Crippen LogP contribution in [0.25, 0.3) is 45.2 Å². The van der Waals surface area contributed by atoms with E-state index in [2.05, 4.69) is 20.2 Å². The molecule has 5 aromatic rings. The molecule has 0 N–H and O–H groups in total. The molecule has 0 atom stereocenters. The van der Waals surface area contributed by atoms with Crippen LogP contribution in [-0.2, 0) is 13.2 Å². The average molecular weight is 507 g/mol. The smallest absolute Gasteiger partial charge is 0.420 e. The monoisotopic (exact) mass is 507 g/mol. The first-order valence-electron chi connectivity index (χ1n) is 11.3. The number of benzene rings is 2. The predicted molar refractivity (Wildman–Crippen MR) is 125 cm³/mol. The molecule has 11 heteroatoms. The summed E-state index contributed by atoms with van der Waals surface area (Å²) in [5, 5.41) is 7.99. The van der Waals surface area contributed by atoms with Crippen LogP contribution in [0.3, 0.4) is 0 Å². The summed E-state index contributed by atoms with van der Waals surface area (Å²) in [7, 11) is 1.74. The Labute approximate surface area is 206 Å². The van der Waals surface area contributed by atoms with Crippen LogP contribution in [-0.4, -0.2) is 31.0 Å². The molecule has 6 rings (SSSR count). The number of nitrogens with zero attached hydrogens (tertiary/aromatic N) is 5. The van der Waals surface area contributed by atoms with Crippen molar-refractivity contribution < 1.29 is 26.8 Å². The molecule has 3 aromatic heterocycles. The number of hydrogen-bond donors (Lipinski definition) is 0. The first-order chi connectivity index (χ1) is 17.7. The number of aldehydes is 1. The maximum atomic E-state index is 14.3. The third-order valence-electron chi connectivity index (χ3n) is 6.26. The number of aromatic nitrogens is 5. The second-order valence-electron chi connectivity index (χ2n) is 8.95. The highest BCUT2D eigenvalue weighted by Gasteiger charge is 2.36. The van der Waals surface area contributed by atoms with Crippen molar-refractivity contribution >= 4 is 17.4 Å². The first-order valence-corrected chi connectivity index (χ1v) is 11.3. The molecule has 7 nitrogen and oxygen atoms in total. The Hall–Kier alpha value is -4.41. The largest absolute Gasteiger partial charge is 0.434 e. The van der Waals surface area contributed by atoms with E-state index in [0.29, 0.717) is 28.8 Å². The summed E-state index contributed by atoms with van der Waals surface area (Å²) in [4.78, 5) is 20.1. The topological polar surface area (TPSA) is 86.7 Å². The predicted octanol–water partition coefficient (Wildman–Crippen LogP) is 6.20. The minimum absolute atomic E-state index is 0.103. The van der Waals surface area contributed by atoms with Crippen molar-refractivity contribution in [1.82, 2.24) is 24.7 Å². The number of alkyl halides is 3. The number of rotatable bonds is 5. The molecule has 186 valence electrons. The summed E-state index contributed by atoms with van der Waals surface area (Å²) in [6.07, 6.45) is -1.08. The summed E-state index contributed by atoms with van der Waals surface area (Å²) in [6.45, 7) is 0. The van der Waals surface area contributed by atoms with Gasteiger partial charge in [-0.15, -0.1) is 10.2 Å². The Kier molecular flexibility index (Phi) is 5.18. The lowest BCUT2D eigenvalue weighted by Gasteiger charge is -2.12. The first kappa shape index (κ1) is 23.0. The van der Waals surface area contributed by atoms with Gasteiger partial charge in [0.2, 0.25) is 5.89 Å². The maximum absolute atomic E-state index is 14.3. The summed E-state index contributed by atoms with van der Waals surface area (Å²) < 4.78 is 62.6. The van der Waals surface area contributed by atoms with Gasteiger partial charge in [0.1, 0.15) is 35.2 Å². The molecule has 0 aliphatic heterocycles. The molecule has 0 radical (unpaired) electrons. The molecule has 0 amide bonds. The zero-order valence-electron chi connectivity index (χ0n) is 19.3. The van der Waals surface area contributed by atoms with E-state index in [9.17, 15) is 22.4 Å². The van der Waals surface area contributed by atoms with Gasteiger partial charge in [-0.3, -0.25) is 4.79 Å². The Morgan fingerprint density at radius 2 is 1.86 bits per heavy atom. The minimum atomic E-state index is -4.75. The molecule has 1 saturated carbocycles. The number of pyridine rings is 1. The number of carbonyl (C=O) groups excluding carboxylic acids is 1. The maximum Gasteiger partial charge on any atom is 0.420 e. The lowest BCUT2D eigenvalue weighted by atomic mass is 9.97. The lowest BCUT2D eigenvalue weighted by molar-refractivity contribution is -0.136. The standard InChI is InChI=1S/C26H17F4N5O2/c1-35-12-31-34-24(35)18-10-16(27)4-5-17(18)15-8-20(14-2-3-14)32-22(9-15)25-33-21-7-13(11-36)6-19(23(21)37-25)26(28,29)30/h4-12,14H,2-3H2,1H3. The molecule has 1 aliphatic carbocycles. The van der Waals surface area contributed by atoms with E-state index in [1.165, 1.54) is 24.5 Å². The third kappa shape index (κ3) is 4.15. The Morgan fingerprint density at radius 3 is 2.54 bits per heavy atom. The molecule has 3 heterocycles. The van der Waals surface area contributed by atoms with Crippen molar-refractivity contribution in [2.75, 3.05) is 0 Å². The van der Waals surface area contributed by atoms with Crippen molar-refractivity contribution in [3.8, 4) is 34.1 Å². The van der Waals surface area contributed by atoms with Crippen LogP contribution in [0.4, 0.5) is 17.6 Å². The van der Waals surface area contributed by atoms with Gasteiger partial charge >= 0.3 is 6.18 Å². The summed E-state index contributed by atoms with van der Waals surface area (Å²) in [5.74, 6) is 0.0609. The van der Waals surface area contributed by atoms with Gasteiger partial charge in [-0.05, 0) is 60.4 Å². The zero-order chi connectivity index (χ0) is 25.9. The van der Waals surface area contributed by atoms with Gasteiger partial charge < -0.3 is 8.98 Å². The van der Waals surface area contributed by atoms with Gasteiger partial charge in [0, 0.05) is 29.8 Å². The molecule has 0 spiro atoms. The highest BCUT2D eigenvalue weighted by atomic mass is 19.4. The average Bonchev–Trinajstić information content (AvgIpc) is 3.49. The molecule has 0 saturated heterocycles. The van der Waals surface area contributed by atoms with E-state index in [1.807, 2.05) is 6.07 Å². The number of hydrogen-bond acceptors (Lipinski definition) is 6. The van der Waals surface area contributed by atoms with Crippen molar-refractivity contribution in [3.63, 3.8) is 0 Å². The van der Waals surface area contributed by atoms with Gasteiger partial charge in [-0.2, -0.15) is 13.2 Å².